The molecule has 1 atom stereocenters. The molecule has 6 heteroatoms. The van der Waals surface area contributed by atoms with Crippen molar-refractivity contribution in [2.75, 3.05) is 11.9 Å². The number of carbonyl (C=O) groups excluding carboxylic acids is 1. The van der Waals surface area contributed by atoms with Gasteiger partial charge in [0.15, 0.2) is 0 Å². The minimum atomic E-state index is -0.371. The maximum absolute atomic E-state index is 11.8. The van der Waals surface area contributed by atoms with Gasteiger partial charge < -0.3 is 10.1 Å². The van der Waals surface area contributed by atoms with Crippen LogP contribution >= 0.6 is 11.3 Å². The van der Waals surface area contributed by atoms with E-state index in [1.807, 2.05) is 12.3 Å². The lowest BCUT2D eigenvalue weighted by Gasteiger charge is -2.14. The number of rotatable bonds is 5. The van der Waals surface area contributed by atoms with E-state index in [1.165, 1.54) is 0 Å². The lowest BCUT2D eigenvalue weighted by Crippen LogP contribution is -2.13. The van der Waals surface area contributed by atoms with Gasteiger partial charge in [0.2, 0.25) is 0 Å². The van der Waals surface area contributed by atoms with Gasteiger partial charge in [-0.15, -0.1) is 11.3 Å². The van der Waals surface area contributed by atoms with Crippen molar-refractivity contribution < 1.29 is 9.53 Å². The molecule has 0 aliphatic carbocycles. The SMILES string of the molecule is CCOC(=O)c1cccnc1NC(C)c1nccs1. The summed E-state index contributed by atoms with van der Waals surface area (Å²) < 4.78 is 5.01. The summed E-state index contributed by atoms with van der Waals surface area (Å²) in [5, 5.41) is 6.05. The third-order valence-electron chi connectivity index (χ3n) is 2.48. The quantitative estimate of drug-likeness (QED) is 0.851. The minimum Gasteiger partial charge on any atom is -0.462 e. The van der Waals surface area contributed by atoms with Gasteiger partial charge in [0.25, 0.3) is 0 Å². The van der Waals surface area contributed by atoms with Crippen molar-refractivity contribution in [3.05, 3.63) is 40.5 Å². The van der Waals surface area contributed by atoms with E-state index in [-0.39, 0.29) is 12.0 Å². The number of hydrogen-bond donors (Lipinski definition) is 1. The van der Waals surface area contributed by atoms with Crippen molar-refractivity contribution in [3.8, 4) is 0 Å². The molecule has 0 aromatic carbocycles. The molecule has 1 N–H and O–H groups in total. The zero-order valence-corrected chi connectivity index (χ0v) is 11.6. The summed E-state index contributed by atoms with van der Waals surface area (Å²) in [5.74, 6) is 0.146. The Bertz CT molecular complexity index is 543. The zero-order valence-electron chi connectivity index (χ0n) is 10.8. The first-order valence-electron chi connectivity index (χ1n) is 6.00. The molecular weight excluding hydrogens is 262 g/mol. The average molecular weight is 277 g/mol. The van der Waals surface area contributed by atoms with Gasteiger partial charge in [0.1, 0.15) is 16.4 Å². The second-order valence-corrected chi connectivity index (χ2v) is 4.78. The smallest absolute Gasteiger partial charge is 0.341 e. The first-order chi connectivity index (χ1) is 9.22. The highest BCUT2D eigenvalue weighted by atomic mass is 32.1. The Morgan fingerprint density at radius 2 is 2.32 bits per heavy atom. The van der Waals surface area contributed by atoms with Crippen LogP contribution in [0, 0.1) is 0 Å². The Balaban J connectivity index is 2.18. The molecule has 0 spiro atoms. The fourth-order valence-electron chi connectivity index (χ4n) is 1.61. The third kappa shape index (κ3) is 3.29. The molecule has 2 aromatic rings. The number of hydrogen-bond acceptors (Lipinski definition) is 6. The molecule has 0 saturated carbocycles. The van der Waals surface area contributed by atoms with E-state index in [0.29, 0.717) is 18.0 Å². The number of pyridine rings is 1. The lowest BCUT2D eigenvalue weighted by molar-refractivity contribution is 0.0527. The van der Waals surface area contributed by atoms with Crippen LogP contribution in [0.4, 0.5) is 5.82 Å². The Hall–Kier alpha value is -1.95. The summed E-state index contributed by atoms with van der Waals surface area (Å²) in [5.41, 5.74) is 0.438. The number of aromatic nitrogens is 2. The van der Waals surface area contributed by atoms with Crippen molar-refractivity contribution in [2.45, 2.75) is 19.9 Å². The van der Waals surface area contributed by atoms with Crippen molar-refractivity contribution in [2.24, 2.45) is 0 Å². The molecule has 0 amide bonds. The molecule has 0 aliphatic rings. The van der Waals surface area contributed by atoms with Gasteiger partial charge in [0, 0.05) is 17.8 Å². The second-order valence-electron chi connectivity index (χ2n) is 3.86. The van der Waals surface area contributed by atoms with Gasteiger partial charge in [-0.2, -0.15) is 0 Å². The van der Waals surface area contributed by atoms with Crippen molar-refractivity contribution >= 4 is 23.1 Å². The van der Waals surface area contributed by atoms with Crippen LogP contribution < -0.4 is 5.32 Å². The Morgan fingerprint density at radius 3 is 3.00 bits per heavy atom. The van der Waals surface area contributed by atoms with E-state index in [0.717, 1.165) is 5.01 Å². The normalized spacial score (nSPS) is 11.9. The second kappa shape index (κ2) is 6.29. The summed E-state index contributed by atoms with van der Waals surface area (Å²) in [6.45, 7) is 4.09. The van der Waals surface area contributed by atoms with Gasteiger partial charge in [-0.1, -0.05) is 0 Å². The van der Waals surface area contributed by atoms with Crippen LogP contribution in [0.1, 0.15) is 35.3 Å². The zero-order chi connectivity index (χ0) is 13.7. The van der Waals surface area contributed by atoms with Gasteiger partial charge >= 0.3 is 5.97 Å². The maximum Gasteiger partial charge on any atom is 0.341 e. The number of thiazole rings is 1. The van der Waals surface area contributed by atoms with Crippen LogP contribution in [0.15, 0.2) is 29.9 Å². The highest BCUT2D eigenvalue weighted by Gasteiger charge is 2.16. The number of esters is 1. The molecule has 0 fully saturated rings. The first-order valence-corrected chi connectivity index (χ1v) is 6.88. The molecule has 0 aliphatic heterocycles. The Kier molecular flexibility index (Phi) is 4.46. The van der Waals surface area contributed by atoms with Gasteiger partial charge in [-0.25, -0.2) is 14.8 Å². The monoisotopic (exact) mass is 277 g/mol. The molecule has 0 bridgehead atoms. The molecule has 0 saturated heterocycles. The van der Waals surface area contributed by atoms with Crippen LogP contribution in [-0.4, -0.2) is 22.5 Å². The number of carbonyl (C=O) groups is 1. The lowest BCUT2D eigenvalue weighted by atomic mass is 10.2. The van der Waals surface area contributed by atoms with Crippen LogP contribution in [0.2, 0.25) is 0 Å². The Labute approximate surface area is 115 Å². The third-order valence-corrected chi connectivity index (χ3v) is 3.44. The van der Waals surface area contributed by atoms with Gasteiger partial charge in [-0.05, 0) is 26.0 Å². The summed E-state index contributed by atoms with van der Waals surface area (Å²) in [6.07, 6.45) is 3.39. The number of nitrogens with zero attached hydrogens (tertiary/aromatic N) is 2. The van der Waals surface area contributed by atoms with E-state index in [9.17, 15) is 4.79 Å². The van der Waals surface area contributed by atoms with E-state index in [1.54, 1.807) is 42.8 Å². The number of ether oxygens (including phenoxy) is 1. The molecule has 2 heterocycles. The molecular formula is C13H15N3O2S. The predicted molar refractivity (Wildman–Crippen MR) is 74.3 cm³/mol. The van der Waals surface area contributed by atoms with E-state index in [4.69, 9.17) is 4.74 Å². The van der Waals surface area contributed by atoms with Crippen LogP contribution in [0.5, 0.6) is 0 Å². The van der Waals surface area contributed by atoms with E-state index < -0.39 is 0 Å². The highest BCUT2D eigenvalue weighted by molar-refractivity contribution is 7.09. The van der Waals surface area contributed by atoms with Gasteiger partial charge in [-0.3, -0.25) is 0 Å². The van der Waals surface area contributed by atoms with Crippen LogP contribution in [0.25, 0.3) is 0 Å². The van der Waals surface area contributed by atoms with Crippen LogP contribution in [-0.2, 0) is 4.74 Å². The van der Waals surface area contributed by atoms with E-state index >= 15 is 0 Å². The molecule has 1 unspecified atom stereocenters. The van der Waals surface area contributed by atoms with Crippen molar-refractivity contribution in [1.82, 2.24) is 9.97 Å². The topological polar surface area (TPSA) is 64.1 Å². The summed E-state index contributed by atoms with van der Waals surface area (Å²) in [7, 11) is 0. The molecule has 19 heavy (non-hydrogen) atoms. The number of anilines is 1. The first kappa shape index (κ1) is 13.5. The average Bonchev–Trinajstić information content (AvgIpc) is 2.93. The van der Waals surface area contributed by atoms with Gasteiger partial charge in [0.05, 0.1) is 12.6 Å². The standard InChI is InChI=1S/C13H15N3O2S/c1-3-18-13(17)10-5-4-6-14-11(10)16-9(2)12-15-7-8-19-12/h4-9H,3H2,1-2H3,(H,14,16). The molecule has 0 radical (unpaired) electrons. The fraction of sp³-hybridized carbons (Fsp3) is 0.308. The van der Waals surface area contributed by atoms with Crippen LogP contribution in [0.3, 0.4) is 0 Å². The molecule has 2 aromatic heterocycles. The molecule has 5 nitrogen and oxygen atoms in total. The molecule has 2 rings (SSSR count). The Morgan fingerprint density at radius 1 is 1.47 bits per heavy atom. The maximum atomic E-state index is 11.8. The predicted octanol–water partition coefficient (Wildman–Crippen LogP) is 2.89. The minimum absolute atomic E-state index is 0.0110. The summed E-state index contributed by atoms with van der Waals surface area (Å²) in [4.78, 5) is 20.3. The fourth-order valence-corrected chi connectivity index (χ4v) is 2.25. The summed E-state index contributed by atoms with van der Waals surface area (Å²) in [6, 6.07) is 3.40. The van der Waals surface area contributed by atoms with Crippen molar-refractivity contribution in [1.29, 1.82) is 0 Å². The van der Waals surface area contributed by atoms with Crippen molar-refractivity contribution in [3.63, 3.8) is 0 Å². The summed E-state index contributed by atoms with van der Waals surface area (Å²) >= 11 is 1.56. The molecule has 100 valence electrons. The number of nitrogens with one attached hydrogen (secondary N) is 1. The van der Waals surface area contributed by atoms with E-state index in [2.05, 4.69) is 15.3 Å². The highest BCUT2D eigenvalue weighted by Crippen LogP contribution is 2.22. The largest absolute Gasteiger partial charge is 0.462 e.